The van der Waals surface area contributed by atoms with Gasteiger partial charge in [-0.25, -0.2) is 4.39 Å². The topological polar surface area (TPSA) is 20.2 Å². The SMILES string of the molecule is CCc1cc(O)cc2c(C)cc(F)c(CC)c12. The van der Waals surface area contributed by atoms with Crippen molar-refractivity contribution < 1.29 is 9.50 Å². The second-order valence-electron chi connectivity index (χ2n) is 4.39. The largest absolute Gasteiger partial charge is 0.508 e. The van der Waals surface area contributed by atoms with Crippen LogP contribution in [0.2, 0.25) is 0 Å². The van der Waals surface area contributed by atoms with E-state index < -0.39 is 0 Å². The molecule has 1 nitrogen and oxygen atoms in total. The number of halogens is 1. The molecular formula is C15H17FO. The van der Waals surface area contributed by atoms with E-state index in [1.165, 1.54) is 0 Å². The molecule has 17 heavy (non-hydrogen) atoms. The Labute approximate surface area is 101 Å². The summed E-state index contributed by atoms with van der Waals surface area (Å²) in [6.07, 6.45) is 1.46. The van der Waals surface area contributed by atoms with Gasteiger partial charge < -0.3 is 5.11 Å². The van der Waals surface area contributed by atoms with Crippen LogP contribution >= 0.6 is 0 Å². The first-order valence-corrected chi connectivity index (χ1v) is 6.02. The highest BCUT2D eigenvalue weighted by Gasteiger charge is 2.13. The van der Waals surface area contributed by atoms with Crippen molar-refractivity contribution in [3.63, 3.8) is 0 Å². The zero-order chi connectivity index (χ0) is 12.6. The lowest BCUT2D eigenvalue weighted by atomic mass is 9.93. The number of phenolic OH excluding ortho intramolecular Hbond substituents is 1. The molecule has 0 fully saturated rings. The van der Waals surface area contributed by atoms with E-state index in [4.69, 9.17) is 0 Å². The maximum absolute atomic E-state index is 13.9. The molecule has 1 N–H and O–H groups in total. The van der Waals surface area contributed by atoms with Gasteiger partial charge in [0.2, 0.25) is 0 Å². The first-order valence-electron chi connectivity index (χ1n) is 6.02. The molecule has 0 aliphatic rings. The van der Waals surface area contributed by atoms with Crippen LogP contribution in [0.3, 0.4) is 0 Å². The monoisotopic (exact) mass is 232 g/mol. The number of rotatable bonds is 2. The Morgan fingerprint density at radius 1 is 1.12 bits per heavy atom. The quantitative estimate of drug-likeness (QED) is 0.825. The number of hydrogen-bond acceptors (Lipinski definition) is 1. The van der Waals surface area contributed by atoms with Gasteiger partial charge in [0, 0.05) is 0 Å². The molecule has 0 saturated heterocycles. The van der Waals surface area contributed by atoms with E-state index in [2.05, 4.69) is 0 Å². The van der Waals surface area contributed by atoms with Gasteiger partial charge in [-0.1, -0.05) is 13.8 Å². The Kier molecular flexibility index (Phi) is 3.05. The Morgan fingerprint density at radius 3 is 2.41 bits per heavy atom. The molecule has 90 valence electrons. The summed E-state index contributed by atoms with van der Waals surface area (Å²) < 4.78 is 13.9. The third-order valence-electron chi connectivity index (χ3n) is 3.30. The van der Waals surface area contributed by atoms with E-state index in [0.717, 1.165) is 33.9 Å². The van der Waals surface area contributed by atoms with E-state index >= 15 is 0 Å². The van der Waals surface area contributed by atoms with Crippen molar-refractivity contribution >= 4 is 10.8 Å². The van der Waals surface area contributed by atoms with Crippen molar-refractivity contribution in [3.05, 3.63) is 40.7 Å². The van der Waals surface area contributed by atoms with Gasteiger partial charge in [0.25, 0.3) is 0 Å². The van der Waals surface area contributed by atoms with Gasteiger partial charge in [0.15, 0.2) is 0 Å². The Morgan fingerprint density at radius 2 is 1.82 bits per heavy atom. The fourth-order valence-corrected chi connectivity index (χ4v) is 2.45. The summed E-state index contributed by atoms with van der Waals surface area (Å²) in [5.74, 6) is 0.115. The lowest BCUT2D eigenvalue weighted by Crippen LogP contribution is -1.96. The molecule has 0 spiro atoms. The summed E-state index contributed by atoms with van der Waals surface area (Å²) in [5.41, 5.74) is 2.64. The molecule has 0 atom stereocenters. The third-order valence-corrected chi connectivity index (χ3v) is 3.30. The highest BCUT2D eigenvalue weighted by atomic mass is 19.1. The molecular weight excluding hydrogens is 215 g/mol. The number of aryl methyl sites for hydroxylation is 3. The highest BCUT2D eigenvalue weighted by molar-refractivity contribution is 5.92. The minimum Gasteiger partial charge on any atom is -0.508 e. The fourth-order valence-electron chi connectivity index (χ4n) is 2.45. The zero-order valence-corrected chi connectivity index (χ0v) is 10.5. The second-order valence-corrected chi connectivity index (χ2v) is 4.39. The van der Waals surface area contributed by atoms with Crippen LogP contribution < -0.4 is 0 Å². The van der Waals surface area contributed by atoms with Gasteiger partial charge in [-0.2, -0.15) is 0 Å². The van der Waals surface area contributed by atoms with Gasteiger partial charge >= 0.3 is 0 Å². The summed E-state index contributed by atoms with van der Waals surface area (Å²) >= 11 is 0. The minimum absolute atomic E-state index is 0.141. The van der Waals surface area contributed by atoms with Crippen molar-refractivity contribution in [2.24, 2.45) is 0 Å². The van der Waals surface area contributed by atoms with Crippen molar-refractivity contribution in [3.8, 4) is 5.75 Å². The number of phenols is 1. The third kappa shape index (κ3) is 1.88. The molecule has 2 aromatic rings. The molecule has 0 radical (unpaired) electrons. The van der Waals surface area contributed by atoms with Crippen molar-refractivity contribution in [2.45, 2.75) is 33.6 Å². The van der Waals surface area contributed by atoms with Gasteiger partial charge in [-0.05, 0) is 65.4 Å². The first kappa shape index (κ1) is 11.9. The summed E-state index contributed by atoms with van der Waals surface area (Å²) in [6, 6.07) is 5.02. The number of fused-ring (bicyclic) bond motifs is 1. The molecule has 0 aliphatic carbocycles. The van der Waals surface area contributed by atoms with Gasteiger partial charge in [-0.3, -0.25) is 0 Å². The minimum atomic E-state index is -0.141. The standard InChI is InChI=1S/C15H17FO/c1-4-10-7-11(17)8-13-9(3)6-14(16)12(5-2)15(10)13/h6-8,17H,4-5H2,1-3H3. The normalized spacial score (nSPS) is 11.1. The van der Waals surface area contributed by atoms with Crippen LogP contribution in [-0.2, 0) is 12.8 Å². The molecule has 0 aromatic heterocycles. The van der Waals surface area contributed by atoms with Crippen LogP contribution in [-0.4, -0.2) is 5.11 Å². The van der Waals surface area contributed by atoms with Crippen molar-refractivity contribution in [2.75, 3.05) is 0 Å². The lowest BCUT2D eigenvalue weighted by Gasteiger charge is -2.13. The first-order chi connectivity index (χ1) is 8.08. The fraction of sp³-hybridized carbons (Fsp3) is 0.333. The van der Waals surface area contributed by atoms with E-state index in [0.29, 0.717) is 6.42 Å². The van der Waals surface area contributed by atoms with Gasteiger partial charge in [0.05, 0.1) is 0 Å². The highest BCUT2D eigenvalue weighted by Crippen LogP contribution is 2.32. The molecule has 2 heteroatoms. The van der Waals surface area contributed by atoms with Crippen LogP contribution in [0.4, 0.5) is 4.39 Å². The van der Waals surface area contributed by atoms with Gasteiger partial charge in [-0.15, -0.1) is 0 Å². The predicted molar refractivity (Wildman–Crippen MR) is 69.1 cm³/mol. The Bertz CT molecular complexity index is 573. The second kappa shape index (κ2) is 4.36. The van der Waals surface area contributed by atoms with Crippen molar-refractivity contribution in [1.29, 1.82) is 0 Å². The summed E-state index contributed by atoms with van der Waals surface area (Å²) in [4.78, 5) is 0. The van der Waals surface area contributed by atoms with Crippen LogP contribution in [0.1, 0.15) is 30.5 Å². The molecule has 0 saturated carbocycles. The number of benzene rings is 2. The molecule has 2 rings (SSSR count). The number of hydrogen-bond donors (Lipinski definition) is 1. The van der Waals surface area contributed by atoms with E-state index in [1.807, 2.05) is 20.8 Å². The average molecular weight is 232 g/mol. The zero-order valence-electron chi connectivity index (χ0n) is 10.5. The maximum Gasteiger partial charge on any atom is 0.127 e. The molecule has 0 aliphatic heterocycles. The summed E-state index contributed by atoms with van der Waals surface area (Å²) in [6.45, 7) is 5.86. The Hall–Kier alpha value is -1.57. The Balaban J connectivity index is 2.98. The van der Waals surface area contributed by atoms with E-state index in [1.54, 1.807) is 18.2 Å². The molecule has 0 heterocycles. The van der Waals surface area contributed by atoms with E-state index in [-0.39, 0.29) is 11.6 Å². The smallest absolute Gasteiger partial charge is 0.127 e. The average Bonchev–Trinajstić information content (AvgIpc) is 2.29. The van der Waals surface area contributed by atoms with Crippen LogP contribution in [0.5, 0.6) is 5.75 Å². The van der Waals surface area contributed by atoms with Gasteiger partial charge in [0.1, 0.15) is 11.6 Å². The molecule has 0 amide bonds. The maximum atomic E-state index is 13.9. The van der Waals surface area contributed by atoms with Crippen LogP contribution in [0.25, 0.3) is 10.8 Å². The molecule has 0 unspecified atom stereocenters. The summed E-state index contributed by atoms with van der Waals surface area (Å²) in [5, 5.41) is 11.6. The van der Waals surface area contributed by atoms with Crippen LogP contribution in [0, 0.1) is 12.7 Å². The summed E-state index contributed by atoms with van der Waals surface area (Å²) in [7, 11) is 0. The molecule has 2 aromatic carbocycles. The molecule has 0 bridgehead atoms. The predicted octanol–water partition coefficient (Wildman–Crippen LogP) is 4.12. The van der Waals surface area contributed by atoms with E-state index in [9.17, 15) is 9.50 Å². The van der Waals surface area contributed by atoms with Crippen molar-refractivity contribution in [1.82, 2.24) is 0 Å². The van der Waals surface area contributed by atoms with Crippen LogP contribution in [0.15, 0.2) is 18.2 Å². The lowest BCUT2D eigenvalue weighted by molar-refractivity contribution is 0.475. The number of aromatic hydroxyl groups is 1.